The molecule has 3 rings (SSSR count). The average Bonchev–Trinajstić information content (AvgIpc) is 2.73. The molecule has 1 N–H and O–H groups in total. The van der Waals surface area contributed by atoms with Gasteiger partial charge in [0.1, 0.15) is 11.8 Å². The number of benzene rings is 1. The normalized spacial score (nSPS) is 15.6. The van der Waals surface area contributed by atoms with E-state index >= 15 is 0 Å². The summed E-state index contributed by atoms with van der Waals surface area (Å²) in [6.45, 7) is 3.97. The van der Waals surface area contributed by atoms with Crippen LogP contribution in [0.2, 0.25) is 0 Å². The molecule has 0 aliphatic carbocycles. The number of hydrogen-bond donors (Lipinski definition) is 1. The number of anilines is 1. The van der Waals surface area contributed by atoms with Gasteiger partial charge in [0.2, 0.25) is 0 Å². The molecule has 0 saturated carbocycles. The van der Waals surface area contributed by atoms with Crippen molar-refractivity contribution in [3.63, 3.8) is 0 Å². The van der Waals surface area contributed by atoms with Crippen LogP contribution in [0.15, 0.2) is 42.7 Å². The monoisotopic (exact) mass is 365 g/mol. The van der Waals surface area contributed by atoms with Crippen molar-refractivity contribution in [2.45, 2.75) is 25.9 Å². The van der Waals surface area contributed by atoms with Crippen molar-refractivity contribution in [1.29, 1.82) is 5.26 Å². The van der Waals surface area contributed by atoms with Crippen molar-refractivity contribution in [2.75, 3.05) is 24.5 Å². The Labute approximate surface area is 159 Å². The lowest BCUT2D eigenvalue weighted by Crippen LogP contribution is -2.42. The van der Waals surface area contributed by atoms with E-state index in [-0.39, 0.29) is 5.91 Å². The number of nitriles is 1. The van der Waals surface area contributed by atoms with Crippen LogP contribution in [0.4, 0.5) is 5.82 Å². The van der Waals surface area contributed by atoms with Crippen molar-refractivity contribution in [3.8, 4) is 11.8 Å². The molecule has 1 fully saturated rings. The largest absolute Gasteiger partial charge is 0.481 e. The van der Waals surface area contributed by atoms with Crippen molar-refractivity contribution < 1.29 is 9.53 Å². The predicted molar refractivity (Wildman–Crippen MR) is 101 cm³/mol. The first kappa shape index (κ1) is 18.6. The van der Waals surface area contributed by atoms with E-state index in [1.54, 1.807) is 13.1 Å². The second kappa shape index (κ2) is 8.99. The van der Waals surface area contributed by atoms with Crippen LogP contribution < -0.4 is 15.0 Å². The van der Waals surface area contributed by atoms with Crippen LogP contribution in [0.25, 0.3) is 0 Å². The molecule has 1 saturated heterocycles. The summed E-state index contributed by atoms with van der Waals surface area (Å²) in [5.41, 5.74) is 0.358. The van der Waals surface area contributed by atoms with Gasteiger partial charge in [0, 0.05) is 32.0 Å². The molecular formula is C20H23N5O2. The fraction of sp³-hybridized carbons (Fsp3) is 0.400. The molecule has 1 aliphatic rings. The van der Waals surface area contributed by atoms with Crippen LogP contribution in [0.1, 0.15) is 25.5 Å². The topological polar surface area (TPSA) is 91.1 Å². The number of nitrogens with zero attached hydrogens (tertiary/aromatic N) is 4. The lowest BCUT2D eigenvalue weighted by atomic mass is 9.96. The van der Waals surface area contributed by atoms with Gasteiger partial charge in [0.05, 0.1) is 0 Å². The summed E-state index contributed by atoms with van der Waals surface area (Å²) in [4.78, 5) is 22.7. The number of rotatable bonds is 6. The SMILES string of the molecule is C[C@@H](Oc1ccccc1)C(=O)NCC1CCN(c2nccnc2C#N)CC1. The maximum Gasteiger partial charge on any atom is 0.260 e. The molecule has 7 heteroatoms. The van der Waals surface area contributed by atoms with E-state index in [1.165, 1.54) is 6.20 Å². The van der Waals surface area contributed by atoms with Crippen LogP contribution >= 0.6 is 0 Å². The third-order valence-electron chi connectivity index (χ3n) is 4.69. The second-order valence-corrected chi connectivity index (χ2v) is 6.59. The van der Waals surface area contributed by atoms with E-state index in [2.05, 4.69) is 26.3 Å². The highest BCUT2D eigenvalue weighted by atomic mass is 16.5. The van der Waals surface area contributed by atoms with E-state index in [9.17, 15) is 4.79 Å². The lowest BCUT2D eigenvalue weighted by Gasteiger charge is -2.33. The zero-order valence-corrected chi connectivity index (χ0v) is 15.3. The van der Waals surface area contributed by atoms with Gasteiger partial charge in [-0.1, -0.05) is 18.2 Å². The molecule has 1 aromatic carbocycles. The van der Waals surface area contributed by atoms with Crippen LogP contribution in [0, 0.1) is 17.2 Å². The molecule has 2 heterocycles. The first-order chi connectivity index (χ1) is 13.2. The maximum atomic E-state index is 12.3. The molecule has 1 amide bonds. The molecule has 0 bridgehead atoms. The van der Waals surface area contributed by atoms with Gasteiger partial charge in [-0.15, -0.1) is 0 Å². The molecule has 1 atom stereocenters. The molecule has 0 spiro atoms. The van der Waals surface area contributed by atoms with Gasteiger partial charge in [-0.2, -0.15) is 5.26 Å². The Morgan fingerprint density at radius 1 is 1.30 bits per heavy atom. The van der Waals surface area contributed by atoms with Gasteiger partial charge >= 0.3 is 0 Å². The van der Waals surface area contributed by atoms with E-state index in [4.69, 9.17) is 10.00 Å². The fourth-order valence-corrected chi connectivity index (χ4v) is 3.14. The van der Waals surface area contributed by atoms with Gasteiger partial charge < -0.3 is 15.0 Å². The molecule has 140 valence electrons. The number of amides is 1. The van der Waals surface area contributed by atoms with Crippen LogP contribution in [0.5, 0.6) is 5.75 Å². The fourth-order valence-electron chi connectivity index (χ4n) is 3.14. The van der Waals surface area contributed by atoms with E-state index < -0.39 is 6.10 Å². The quantitative estimate of drug-likeness (QED) is 0.843. The minimum atomic E-state index is -0.537. The van der Waals surface area contributed by atoms with E-state index in [0.29, 0.717) is 29.7 Å². The summed E-state index contributed by atoms with van der Waals surface area (Å²) in [6.07, 6.45) is 4.45. The van der Waals surface area contributed by atoms with Crippen molar-refractivity contribution in [2.24, 2.45) is 5.92 Å². The highest BCUT2D eigenvalue weighted by Gasteiger charge is 2.23. The molecule has 7 nitrogen and oxygen atoms in total. The van der Waals surface area contributed by atoms with Gasteiger partial charge in [-0.3, -0.25) is 4.79 Å². The van der Waals surface area contributed by atoms with Gasteiger partial charge in [-0.05, 0) is 37.8 Å². The molecule has 2 aromatic rings. The zero-order valence-electron chi connectivity index (χ0n) is 15.3. The summed E-state index contributed by atoms with van der Waals surface area (Å²) < 4.78 is 5.65. The number of carbonyl (C=O) groups excluding carboxylic acids is 1. The Kier molecular flexibility index (Phi) is 6.21. The van der Waals surface area contributed by atoms with Crippen LogP contribution in [0.3, 0.4) is 0 Å². The molecule has 27 heavy (non-hydrogen) atoms. The summed E-state index contributed by atoms with van der Waals surface area (Å²) >= 11 is 0. The summed E-state index contributed by atoms with van der Waals surface area (Å²) in [5.74, 6) is 1.62. The Bertz CT molecular complexity index is 798. The van der Waals surface area contributed by atoms with E-state index in [1.807, 2.05) is 30.3 Å². The molecule has 1 aliphatic heterocycles. The number of para-hydroxylation sites is 1. The van der Waals surface area contributed by atoms with Crippen LogP contribution in [-0.2, 0) is 4.79 Å². The summed E-state index contributed by atoms with van der Waals surface area (Å²) in [7, 11) is 0. The minimum absolute atomic E-state index is 0.109. The molecule has 0 unspecified atom stereocenters. The molecular weight excluding hydrogens is 342 g/mol. The second-order valence-electron chi connectivity index (χ2n) is 6.59. The number of piperidine rings is 1. The number of carbonyl (C=O) groups is 1. The highest BCUT2D eigenvalue weighted by molar-refractivity contribution is 5.80. The third kappa shape index (κ3) is 4.94. The number of nitrogens with one attached hydrogen (secondary N) is 1. The Balaban J connectivity index is 1.44. The van der Waals surface area contributed by atoms with Gasteiger partial charge in [0.15, 0.2) is 17.6 Å². The summed E-state index contributed by atoms with van der Waals surface area (Å²) in [5, 5.41) is 12.2. The smallest absolute Gasteiger partial charge is 0.260 e. The standard InChI is InChI=1S/C20H23N5O2/c1-15(27-17-5-3-2-4-6-17)20(26)24-14-16-7-11-25(12-8-16)19-18(13-21)22-9-10-23-19/h2-6,9-10,15-16H,7-8,11-12,14H2,1H3,(H,24,26)/t15-/m1/s1. The van der Waals surface area contributed by atoms with Gasteiger partial charge in [0.25, 0.3) is 5.91 Å². The molecule has 1 aromatic heterocycles. The maximum absolute atomic E-state index is 12.3. The minimum Gasteiger partial charge on any atom is -0.481 e. The van der Waals surface area contributed by atoms with Crippen molar-refractivity contribution in [3.05, 3.63) is 48.4 Å². The lowest BCUT2D eigenvalue weighted by molar-refractivity contribution is -0.127. The number of ether oxygens (including phenoxy) is 1. The van der Waals surface area contributed by atoms with Gasteiger partial charge in [-0.25, -0.2) is 9.97 Å². The van der Waals surface area contributed by atoms with Crippen LogP contribution in [-0.4, -0.2) is 41.6 Å². The zero-order chi connectivity index (χ0) is 19.1. The number of aromatic nitrogens is 2. The Morgan fingerprint density at radius 3 is 2.70 bits per heavy atom. The third-order valence-corrected chi connectivity index (χ3v) is 4.69. The Hall–Kier alpha value is -3.14. The highest BCUT2D eigenvalue weighted by Crippen LogP contribution is 2.23. The predicted octanol–water partition coefficient (Wildman–Crippen LogP) is 2.15. The number of hydrogen-bond acceptors (Lipinski definition) is 6. The summed E-state index contributed by atoms with van der Waals surface area (Å²) in [6, 6.07) is 11.4. The average molecular weight is 365 g/mol. The van der Waals surface area contributed by atoms with Crippen molar-refractivity contribution >= 4 is 11.7 Å². The molecule has 0 radical (unpaired) electrons. The Morgan fingerprint density at radius 2 is 2.00 bits per heavy atom. The first-order valence-electron chi connectivity index (χ1n) is 9.13. The van der Waals surface area contributed by atoms with Crippen molar-refractivity contribution in [1.82, 2.24) is 15.3 Å². The van der Waals surface area contributed by atoms with E-state index in [0.717, 1.165) is 25.9 Å². The first-order valence-corrected chi connectivity index (χ1v) is 9.13.